The summed E-state index contributed by atoms with van der Waals surface area (Å²) in [4.78, 5) is 11.8. The van der Waals surface area contributed by atoms with E-state index in [2.05, 4.69) is 12.2 Å². The van der Waals surface area contributed by atoms with Gasteiger partial charge in [-0.25, -0.2) is 4.79 Å². The third kappa shape index (κ3) is 2.36. The summed E-state index contributed by atoms with van der Waals surface area (Å²) in [6.45, 7) is 4.76. The summed E-state index contributed by atoms with van der Waals surface area (Å²) in [6.07, 6.45) is 9.11. The molecular weight excluding hydrogens is 238 g/mol. The van der Waals surface area contributed by atoms with Gasteiger partial charge in [-0.1, -0.05) is 6.92 Å². The molecule has 1 N–H and O–H groups in total. The molecule has 4 aliphatic rings. The summed E-state index contributed by atoms with van der Waals surface area (Å²) in [5.41, 5.74) is 0.314. The third-order valence-electron chi connectivity index (χ3n) is 5.71. The van der Waals surface area contributed by atoms with E-state index in [1.165, 1.54) is 38.5 Å². The van der Waals surface area contributed by atoms with Gasteiger partial charge >= 0.3 is 6.09 Å². The van der Waals surface area contributed by atoms with Crippen molar-refractivity contribution in [3.05, 3.63) is 0 Å². The molecule has 0 unspecified atom stereocenters. The van der Waals surface area contributed by atoms with Crippen molar-refractivity contribution in [2.24, 2.45) is 23.2 Å². The first-order chi connectivity index (χ1) is 9.15. The Bertz CT molecular complexity index is 317. The van der Waals surface area contributed by atoms with Crippen molar-refractivity contribution in [1.82, 2.24) is 5.32 Å². The third-order valence-corrected chi connectivity index (χ3v) is 5.71. The Hall–Kier alpha value is -0.730. The van der Waals surface area contributed by atoms with Crippen LogP contribution < -0.4 is 5.32 Å². The van der Waals surface area contributed by atoms with Gasteiger partial charge in [0.05, 0.1) is 0 Å². The summed E-state index contributed by atoms with van der Waals surface area (Å²) in [7, 11) is 0. The van der Waals surface area contributed by atoms with Crippen molar-refractivity contribution >= 4 is 6.09 Å². The molecule has 108 valence electrons. The number of ether oxygens (including phenoxy) is 1. The molecule has 0 aromatic rings. The molecule has 3 nitrogen and oxygen atoms in total. The molecule has 0 heterocycles. The minimum absolute atomic E-state index is 0.132. The Balaban J connectivity index is 1.73. The second-order valence-electron chi connectivity index (χ2n) is 7.11. The van der Waals surface area contributed by atoms with E-state index in [-0.39, 0.29) is 12.2 Å². The van der Waals surface area contributed by atoms with Crippen LogP contribution in [-0.2, 0) is 4.74 Å². The lowest BCUT2D eigenvalue weighted by Gasteiger charge is -2.58. The fraction of sp³-hybridized carbons (Fsp3) is 0.938. The van der Waals surface area contributed by atoms with Crippen LogP contribution in [0.5, 0.6) is 0 Å². The number of carbonyl (C=O) groups excluding carboxylic acids is 1. The second kappa shape index (κ2) is 4.99. The van der Waals surface area contributed by atoms with E-state index in [0.717, 1.165) is 24.2 Å². The topological polar surface area (TPSA) is 38.3 Å². The van der Waals surface area contributed by atoms with Crippen LogP contribution in [0.1, 0.15) is 58.8 Å². The maximum atomic E-state index is 11.8. The molecule has 3 heteroatoms. The smallest absolute Gasteiger partial charge is 0.407 e. The lowest BCUT2D eigenvalue weighted by molar-refractivity contribution is -0.122. The van der Waals surface area contributed by atoms with E-state index in [1.54, 1.807) is 0 Å². The Morgan fingerprint density at radius 3 is 2.11 bits per heavy atom. The highest BCUT2D eigenvalue weighted by Gasteiger charge is 2.54. The van der Waals surface area contributed by atoms with Crippen LogP contribution >= 0.6 is 0 Å². The van der Waals surface area contributed by atoms with Gasteiger partial charge in [0.25, 0.3) is 0 Å². The van der Waals surface area contributed by atoms with Gasteiger partial charge < -0.3 is 10.1 Å². The van der Waals surface area contributed by atoms with Crippen molar-refractivity contribution in [2.75, 3.05) is 6.54 Å². The summed E-state index contributed by atoms with van der Waals surface area (Å²) < 4.78 is 5.77. The fourth-order valence-electron chi connectivity index (χ4n) is 5.53. The zero-order chi connectivity index (χ0) is 13.5. The largest absolute Gasteiger partial charge is 0.446 e. The van der Waals surface area contributed by atoms with Crippen LogP contribution in [0.25, 0.3) is 0 Å². The molecule has 4 saturated carbocycles. The number of amides is 1. The minimum Gasteiger partial charge on any atom is -0.446 e. The number of rotatable bonds is 4. The molecule has 0 aromatic carbocycles. The lowest BCUT2D eigenvalue weighted by Crippen LogP contribution is -2.53. The minimum atomic E-state index is -0.218. The van der Waals surface area contributed by atoms with Crippen LogP contribution in [0, 0.1) is 23.2 Å². The van der Waals surface area contributed by atoms with Gasteiger partial charge in [0.2, 0.25) is 0 Å². The first-order valence-electron chi connectivity index (χ1n) is 8.09. The Kier molecular flexibility index (Phi) is 3.48. The van der Waals surface area contributed by atoms with Crippen LogP contribution in [0.4, 0.5) is 4.79 Å². The zero-order valence-electron chi connectivity index (χ0n) is 12.3. The van der Waals surface area contributed by atoms with Gasteiger partial charge in [-0.3, -0.25) is 0 Å². The average Bonchev–Trinajstić information content (AvgIpc) is 2.34. The standard InChI is InChI=1S/C16H27NO2/c1-3-14(19-15(18)17-4-2)16-8-11-5-12(9-16)7-13(6-11)10-16/h11-14H,3-10H2,1-2H3,(H,17,18)/t11?,12?,13?,14-,16?/m1/s1. The highest BCUT2D eigenvalue weighted by molar-refractivity contribution is 5.67. The zero-order valence-corrected chi connectivity index (χ0v) is 12.3. The van der Waals surface area contributed by atoms with Crippen molar-refractivity contribution in [1.29, 1.82) is 0 Å². The molecule has 0 aromatic heterocycles. The Labute approximate surface area is 116 Å². The lowest BCUT2D eigenvalue weighted by atomic mass is 9.48. The maximum absolute atomic E-state index is 11.8. The number of hydrogen-bond acceptors (Lipinski definition) is 2. The average molecular weight is 265 g/mol. The summed E-state index contributed by atoms with van der Waals surface area (Å²) >= 11 is 0. The van der Waals surface area contributed by atoms with Gasteiger partial charge in [-0.2, -0.15) is 0 Å². The summed E-state index contributed by atoms with van der Waals surface area (Å²) in [5.74, 6) is 2.74. The van der Waals surface area contributed by atoms with E-state index in [4.69, 9.17) is 4.74 Å². The molecule has 1 atom stereocenters. The van der Waals surface area contributed by atoms with Gasteiger partial charge in [-0.05, 0) is 69.6 Å². The van der Waals surface area contributed by atoms with Crippen LogP contribution in [0.15, 0.2) is 0 Å². The van der Waals surface area contributed by atoms with Crippen LogP contribution in [-0.4, -0.2) is 18.7 Å². The van der Waals surface area contributed by atoms with Crippen molar-refractivity contribution < 1.29 is 9.53 Å². The van der Waals surface area contributed by atoms with E-state index in [1.807, 2.05) is 6.92 Å². The SMILES string of the molecule is CCNC(=O)O[C@H](CC)C12CC3CC(CC(C3)C1)C2. The van der Waals surface area contributed by atoms with Crippen molar-refractivity contribution in [3.63, 3.8) is 0 Å². The number of carbonyl (C=O) groups is 1. The number of alkyl carbamates (subject to hydrolysis) is 1. The first kappa shape index (κ1) is 13.3. The quantitative estimate of drug-likeness (QED) is 0.841. The second-order valence-corrected chi connectivity index (χ2v) is 7.11. The Morgan fingerprint density at radius 1 is 1.16 bits per heavy atom. The fourth-order valence-corrected chi connectivity index (χ4v) is 5.53. The summed E-state index contributed by atoms with van der Waals surface area (Å²) in [5, 5.41) is 2.78. The monoisotopic (exact) mass is 265 g/mol. The number of nitrogens with one attached hydrogen (secondary N) is 1. The molecule has 0 aliphatic heterocycles. The van der Waals surface area contributed by atoms with Gasteiger partial charge in [0.1, 0.15) is 6.10 Å². The highest BCUT2D eigenvalue weighted by atomic mass is 16.6. The molecule has 0 saturated heterocycles. The first-order valence-corrected chi connectivity index (χ1v) is 8.09. The van der Waals surface area contributed by atoms with Crippen molar-refractivity contribution in [2.45, 2.75) is 64.9 Å². The molecule has 4 bridgehead atoms. The molecular formula is C16H27NO2. The van der Waals surface area contributed by atoms with E-state index in [0.29, 0.717) is 12.0 Å². The molecule has 4 aliphatic carbocycles. The van der Waals surface area contributed by atoms with E-state index < -0.39 is 0 Å². The number of hydrogen-bond donors (Lipinski definition) is 1. The highest BCUT2D eigenvalue weighted by Crippen LogP contribution is 2.62. The van der Waals surface area contributed by atoms with Crippen LogP contribution in [0.3, 0.4) is 0 Å². The molecule has 0 radical (unpaired) electrons. The van der Waals surface area contributed by atoms with E-state index in [9.17, 15) is 4.79 Å². The molecule has 4 fully saturated rings. The maximum Gasteiger partial charge on any atom is 0.407 e. The Morgan fingerprint density at radius 2 is 1.68 bits per heavy atom. The normalized spacial score (nSPS) is 41.1. The molecule has 1 amide bonds. The summed E-state index contributed by atoms with van der Waals surface area (Å²) in [6, 6.07) is 0. The van der Waals surface area contributed by atoms with Gasteiger partial charge in [0, 0.05) is 12.0 Å². The predicted octanol–water partition coefficient (Wildman–Crippen LogP) is 3.73. The van der Waals surface area contributed by atoms with E-state index >= 15 is 0 Å². The molecule has 0 spiro atoms. The predicted molar refractivity (Wildman–Crippen MR) is 74.8 cm³/mol. The molecule has 4 rings (SSSR count). The molecule has 19 heavy (non-hydrogen) atoms. The van der Waals surface area contributed by atoms with Gasteiger partial charge in [0.15, 0.2) is 0 Å². The van der Waals surface area contributed by atoms with Crippen LogP contribution in [0.2, 0.25) is 0 Å². The van der Waals surface area contributed by atoms with Crippen molar-refractivity contribution in [3.8, 4) is 0 Å². The van der Waals surface area contributed by atoms with Gasteiger partial charge in [-0.15, -0.1) is 0 Å².